The monoisotopic (exact) mass is 535 g/mol. The molecule has 0 amide bonds. The third-order valence-corrected chi connectivity index (χ3v) is 8.59. The summed E-state index contributed by atoms with van der Waals surface area (Å²) in [5.41, 5.74) is 11.1. The molecule has 9 aromatic rings. The van der Waals surface area contributed by atoms with Crippen molar-refractivity contribution in [2.45, 2.75) is 0 Å². The highest BCUT2D eigenvalue weighted by Crippen LogP contribution is 2.41. The Balaban J connectivity index is 1.34. The summed E-state index contributed by atoms with van der Waals surface area (Å²) in [6.45, 7) is 0. The molecule has 0 atom stereocenters. The lowest BCUT2D eigenvalue weighted by atomic mass is 9.92. The van der Waals surface area contributed by atoms with Gasteiger partial charge in [-0.2, -0.15) is 0 Å². The minimum absolute atomic E-state index is 0.912. The van der Waals surface area contributed by atoms with E-state index in [2.05, 4.69) is 138 Å². The Hall–Kier alpha value is -5.60. The van der Waals surface area contributed by atoms with Gasteiger partial charge < -0.3 is 9.40 Å². The maximum Gasteiger partial charge on any atom is 0.143 e. The molecule has 2 heterocycles. The van der Waals surface area contributed by atoms with Crippen molar-refractivity contribution >= 4 is 54.5 Å². The van der Waals surface area contributed by atoms with E-state index in [-0.39, 0.29) is 0 Å². The molecule has 0 bridgehead atoms. The predicted molar refractivity (Wildman–Crippen MR) is 177 cm³/mol. The zero-order valence-corrected chi connectivity index (χ0v) is 22.8. The van der Waals surface area contributed by atoms with Gasteiger partial charge in [-0.05, 0) is 63.4 Å². The van der Waals surface area contributed by atoms with Crippen LogP contribution in [-0.2, 0) is 0 Å². The van der Waals surface area contributed by atoms with E-state index in [9.17, 15) is 0 Å². The van der Waals surface area contributed by atoms with Crippen LogP contribution in [-0.4, -0.2) is 4.98 Å². The standard InChI is InChI=1S/C40H25NO/c1-2-10-25(11-3-1)27-22-28(24-29(23-27)32-16-9-17-34-33-14-6-7-19-37(33)42-40(32)34)31-15-8-18-35-38-30-13-5-4-12-26(30)20-21-36(38)41-39(31)35/h1-24,41H. The number of hydrogen-bond acceptors (Lipinski definition) is 1. The van der Waals surface area contributed by atoms with E-state index in [4.69, 9.17) is 4.42 Å². The highest BCUT2D eigenvalue weighted by molar-refractivity contribution is 6.22. The summed E-state index contributed by atoms with van der Waals surface area (Å²) in [6, 6.07) is 52.0. The van der Waals surface area contributed by atoms with Crippen LogP contribution in [0.2, 0.25) is 0 Å². The second kappa shape index (κ2) is 8.95. The first kappa shape index (κ1) is 23.1. The van der Waals surface area contributed by atoms with Crippen molar-refractivity contribution in [1.29, 1.82) is 0 Å². The van der Waals surface area contributed by atoms with Crippen molar-refractivity contribution in [1.82, 2.24) is 4.98 Å². The van der Waals surface area contributed by atoms with Gasteiger partial charge in [0.05, 0.1) is 5.52 Å². The molecular weight excluding hydrogens is 510 g/mol. The van der Waals surface area contributed by atoms with Gasteiger partial charge in [0.15, 0.2) is 0 Å². The predicted octanol–water partition coefficient (Wildman–Crippen LogP) is 11.4. The average molecular weight is 536 g/mol. The first-order valence-corrected chi connectivity index (χ1v) is 14.4. The van der Waals surface area contributed by atoms with Crippen molar-refractivity contribution in [2.75, 3.05) is 0 Å². The first-order chi connectivity index (χ1) is 20.8. The lowest BCUT2D eigenvalue weighted by Gasteiger charge is -2.12. The van der Waals surface area contributed by atoms with Gasteiger partial charge in [0.2, 0.25) is 0 Å². The number of nitrogens with one attached hydrogen (secondary N) is 1. The molecule has 196 valence electrons. The highest BCUT2D eigenvalue weighted by atomic mass is 16.3. The Labute approximate surface area is 242 Å². The Morgan fingerprint density at radius 3 is 1.98 bits per heavy atom. The van der Waals surface area contributed by atoms with Crippen molar-refractivity contribution in [3.8, 4) is 33.4 Å². The topological polar surface area (TPSA) is 28.9 Å². The molecule has 0 radical (unpaired) electrons. The van der Waals surface area contributed by atoms with E-state index < -0.39 is 0 Å². The third kappa shape index (κ3) is 3.45. The second-order valence-corrected chi connectivity index (χ2v) is 11.0. The van der Waals surface area contributed by atoms with Crippen molar-refractivity contribution in [3.63, 3.8) is 0 Å². The molecule has 0 spiro atoms. The molecule has 0 aliphatic heterocycles. The summed E-state index contributed by atoms with van der Waals surface area (Å²) in [6.07, 6.45) is 0. The molecule has 0 fully saturated rings. The number of benzene rings is 7. The van der Waals surface area contributed by atoms with E-state index in [1.165, 1.54) is 43.8 Å². The summed E-state index contributed by atoms with van der Waals surface area (Å²) in [4.78, 5) is 3.78. The second-order valence-electron chi connectivity index (χ2n) is 11.0. The van der Waals surface area contributed by atoms with Crippen LogP contribution >= 0.6 is 0 Å². The molecule has 0 aliphatic rings. The van der Waals surface area contributed by atoms with Gasteiger partial charge in [0.25, 0.3) is 0 Å². The first-order valence-electron chi connectivity index (χ1n) is 14.4. The maximum atomic E-state index is 6.47. The molecule has 42 heavy (non-hydrogen) atoms. The molecule has 2 heteroatoms. The van der Waals surface area contributed by atoms with Gasteiger partial charge in [0.1, 0.15) is 11.2 Å². The molecule has 9 rings (SSSR count). The maximum absolute atomic E-state index is 6.47. The van der Waals surface area contributed by atoms with Gasteiger partial charge in [0, 0.05) is 38.2 Å². The van der Waals surface area contributed by atoms with E-state index >= 15 is 0 Å². The molecular formula is C40H25NO. The van der Waals surface area contributed by atoms with E-state index in [0.717, 1.165) is 44.1 Å². The van der Waals surface area contributed by atoms with Crippen LogP contribution in [0.15, 0.2) is 150 Å². The molecule has 2 nitrogen and oxygen atoms in total. The zero-order valence-electron chi connectivity index (χ0n) is 22.8. The van der Waals surface area contributed by atoms with Crippen molar-refractivity contribution in [3.05, 3.63) is 146 Å². The average Bonchev–Trinajstić information content (AvgIpc) is 3.64. The normalized spacial score (nSPS) is 11.8. The fourth-order valence-electron chi connectivity index (χ4n) is 6.65. The molecule has 7 aromatic carbocycles. The minimum Gasteiger partial charge on any atom is -0.455 e. The quantitative estimate of drug-likeness (QED) is 0.239. The van der Waals surface area contributed by atoms with Gasteiger partial charge in [-0.1, -0.05) is 115 Å². The number of hydrogen-bond donors (Lipinski definition) is 1. The van der Waals surface area contributed by atoms with Crippen LogP contribution in [0.3, 0.4) is 0 Å². The third-order valence-electron chi connectivity index (χ3n) is 8.59. The Morgan fingerprint density at radius 1 is 0.429 bits per heavy atom. The van der Waals surface area contributed by atoms with Gasteiger partial charge in [-0.3, -0.25) is 0 Å². The number of rotatable bonds is 3. The number of H-pyrrole nitrogens is 1. The minimum atomic E-state index is 0.912. The van der Waals surface area contributed by atoms with Crippen LogP contribution in [0.1, 0.15) is 0 Å². The summed E-state index contributed by atoms with van der Waals surface area (Å²) >= 11 is 0. The van der Waals surface area contributed by atoms with Gasteiger partial charge in [-0.25, -0.2) is 0 Å². The molecule has 1 N–H and O–H groups in total. The SMILES string of the molecule is c1ccc(-c2cc(-c3cccc4c3[nH]c3ccc5ccccc5c34)cc(-c3cccc4c3oc3ccccc34)c2)cc1. The van der Waals surface area contributed by atoms with Gasteiger partial charge >= 0.3 is 0 Å². The summed E-state index contributed by atoms with van der Waals surface area (Å²) in [7, 11) is 0. The van der Waals surface area contributed by atoms with E-state index in [1.807, 2.05) is 12.1 Å². The number of fused-ring (bicyclic) bond motifs is 8. The lowest BCUT2D eigenvalue weighted by Crippen LogP contribution is -1.87. The van der Waals surface area contributed by atoms with Crippen molar-refractivity contribution in [2.24, 2.45) is 0 Å². The van der Waals surface area contributed by atoms with Crippen LogP contribution in [0.25, 0.3) is 87.9 Å². The van der Waals surface area contributed by atoms with E-state index in [0.29, 0.717) is 0 Å². The fraction of sp³-hybridized carbons (Fsp3) is 0. The number of furan rings is 1. The van der Waals surface area contributed by atoms with Crippen LogP contribution < -0.4 is 0 Å². The fourth-order valence-corrected chi connectivity index (χ4v) is 6.65. The molecule has 0 saturated carbocycles. The summed E-state index contributed by atoms with van der Waals surface area (Å²) < 4.78 is 6.47. The Morgan fingerprint density at radius 2 is 1.10 bits per heavy atom. The van der Waals surface area contributed by atoms with Crippen molar-refractivity contribution < 1.29 is 4.42 Å². The molecule has 0 saturated heterocycles. The number of aromatic nitrogens is 1. The van der Waals surface area contributed by atoms with Crippen LogP contribution in [0.4, 0.5) is 0 Å². The highest BCUT2D eigenvalue weighted by Gasteiger charge is 2.17. The zero-order chi connectivity index (χ0) is 27.6. The lowest BCUT2D eigenvalue weighted by molar-refractivity contribution is 0.670. The Bertz CT molecular complexity index is 2460. The Kier molecular flexibility index (Phi) is 4.93. The molecule has 0 unspecified atom stereocenters. The summed E-state index contributed by atoms with van der Waals surface area (Å²) in [5, 5.41) is 7.32. The number of aromatic amines is 1. The molecule has 0 aliphatic carbocycles. The van der Waals surface area contributed by atoms with Crippen LogP contribution in [0, 0.1) is 0 Å². The largest absolute Gasteiger partial charge is 0.455 e. The van der Waals surface area contributed by atoms with Gasteiger partial charge in [-0.15, -0.1) is 0 Å². The molecule has 2 aromatic heterocycles. The van der Waals surface area contributed by atoms with E-state index in [1.54, 1.807) is 0 Å². The summed E-state index contributed by atoms with van der Waals surface area (Å²) in [5.74, 6) is 0. The number of para-hydroxylation sites is 3. The van der Waals surface area contributed by atoms with Crippen LogP contribution in [0.5, 0.6) is 0 Å². The smallest absolute Gasteiger partial charge is 0.143 e.